The second-order valence-electron chi connectivity index (χ2n) is 5.56. The van der Waals surface area contributed by atoms with E-state index in [4.69, 9.17) is 4.74 Å². The molecular weight excluding hydrogens is 260 g/mol. The van der Waals surface area contributed by atoms with E-state index in [9.17, 15) is 9.59 Å². The minimum absolute atomic E-state index is 0.101. The molecule has 0 spiro atoms. The molecule has 0 aliphatic carbocycles. The molecule has 20 heavy (non-hydrogen) atoms. The van der Waals surface area contributed by atoms with Gasteiger partial charge in [0.25, 0.3) is 0 Å². The smallest absolute Gasteiger partial charge is 0.225 e. The monoisotopic (exact) mass is 278 g/mol. The second-order valence-corrected chi connectivity index (χ2v) is 5.56. The molecule has 0 bridgehead atoms. The number of nitrogens with zero attached hydrogens (tertiary/aromatic N) is 1. The lowest BCUT2D eigenvalue weighted by Gasteiger charge is -2.18. The minimum atomic E-state index is -0.516. The number of hydrogen-bond acceptors (Lipinski definition) is 4. The number of amides is 1. The second kappa shape index (κ2) is 4.99. The zero-order valence-corrected chi connectivity index (χ0v) is 12.0. The molecule has 0 saturated carbocycles. The van der Waals surface area contributed by atoms with Crippen molar-refractivity contribution >= 4 is 16.9 Å². The van der Waals surface area contributed by atoms with Crippen LogP contribution in [0.4, 0.5) is 0 Å². The Bertz CT molecular complexity index is 694. The Labute approximate surface area is 115 Å². The van der Waals surface area contributed by atoms with Crippen molar-refractivity contribution in [1.82, 2.24) is 20.5 Å². The molecule has 0 fully saturated rings. The van der Waals surface area contributed by atoms with Gasteiger partial charge < -0.3 is 15.0 Å². The number of rotatable bonds is 3. The van der Waals surface area contributed by atoms with Crippen LogP contribution in [0.15, 0.2) is 11.0 Å². The number of pyridine rings is 1. The predicted octanol–water partition coefficient (Wildman–Crippen LogP) is 0.922. The molecule has 2 aromatic rings. The standard InChI is InChI=1S/C13H18N4O3/c1-13(2,3)12(19)14-5-7-10(18)9-8(6-15-17-9)16-11(7)20-4/h6H,5H2,1-4H3,(H,14,19)(H,15,17)(H,16,18). The lowest BCUT2D eigenvalue weighted by Crippen LogP contribution is -2.35. The fraction of sp³-hybridized carbons (Fsp3) is 0.462. The van der Waals surface area contributed by atoms with Gasteiger partial charge >= 0.3 is 0 Å². The Kier molecular flexibility index (Phi) is 3.52. The number of nitrogens with one attached hydrogen (secondary N) is 3. The number of ether oxygens (including phenoxy) is 1. The first-order valence-electron chi connectivity index (χ1n) is 6.25. The Morgan fingerprint density at radius 3 is 2.75 bits per heavy atom. The zero-order chi connectivity index (χ0) is 14.9. The van der Waals surface area contributed by atoms with E-state index in [1.807, 2.05) is 20.8 Å². The van der Waals surface area contributed by atoms with Gasteiger partial charge in [-0.2, -0.15) is 5.10 Å². The minimum Gasteiger partial charge on any atom is -0.482 e. The third-order valence-electron chi connectivity index (χ3n) is 2.97. The third kappa shape index (κ3) is 2.52. The van der Waals surface area contributed by atoms with Crippen molar-refractivity contribution < 1.29 is 9.53 Å². The van der Waals surface area contributed by atoms with Crippen LogP contribution in [-0.4, -0.2) is 28.2 Å². The summed E-state index contributed by atoms with van der Waals surface area (Å²) in [5, 5.41) is 9.19. The van der Waals surface area contributed by atoms with Crippen molar-refractivity contribution in [1.29, 1.82) is 0 Å². The molecular formula is C13H18N4O3. The molecule has 2 rings (SSSR count). The van der Waals surface area contributed by atoms with Crippen LogP contribution >= 0.6 is 0 Å². The van der Waals surface area contributed by atoms with E-state index in [0.717, 1.165) is 0 Å². The van der Waals surface area contributed by atoms with E-state index < -0.39 is 5.41 Å². The molecule has 7 heteroatoms. The van der Waals surface area contributed by atoms with Crippen molar-refractivity contribution in [2.45, 2.75) is 27.3 Å². The molecule has 108 valence electrons. The molecule has 0 aliphatic rings. The highest BCUT2D eigenvalue weighted by Gasteiger charge is 2.22. The lowest BCUT2D eigenvalue weighted by molar-refractivity contribution is -0.128. The number of H-pyrrole nitrogens is 2. The number of fused-ring (bicyclic) bond motifs is 1. The number of methoxy groups -OCH3 is 1. The maximum absolute atomic E-state index is 12.3. The van der Waals surface area contributed by atoms with E-state index >= 15 is 0 Å². The van der Waals surface area contributed by atoms with Gasteiger partial charge in [-0.05, 0) is 0 Å². The Morgan fingerprint density at radius 2 is 2.15 bits per heavy atom. The number of aromatic amines is 2. The highest BCUT2D eigenvalue weighted by molar-refractivity contribution is 5.81. The largest absolute Gasteiger partial charge is 0.482 e. The Hall–Kier alpha value is -2.31. The molecule has 0 radical (unpaired) electrons. The molecule has 0 aliphatic heterocycles. The summed E-state index contributed by atoms with van der Waals surface area (Å²) < 4.78 is 5.17. The number of aromatic nitrogens is 3. The fourth-order valence-electron chi connectivity index (χ4n) is 1.77. The van der Waals surface area contributed by atoms with Gasteiger partial charge in [0.2, 0.25) is 11.3 Å². The number of carbonyl (C=O) groups excluding carboxylic acids is 1. The number of carbonyl (C=O) groups is 1. The SMILES string of the molecule is COc1[nH]c2cn[nH]c2c(=O)c1CNC(=O)C(C)(C)C. The summed E-state index contributed by atoms with van der Waals surface area (Å²) in [6.45, 7) is 5.52. The van der Waals surface area contributed by atoms with Gasteiger partial charge in [0.05, 0.1) is 30.9 Å². The molecule has 0 saturated heterocycles. The molecule has 0 atom stereocenters. The number of hydrogen-bond donors (Lipinski definition) is 3. The molecule has 1 amide bonds. The van der Waals surface area contributed by atoms with Crippen LogP contribution in [0.25, 0.3) is 11.0 Å². The van der Waals surface area contributed by atoms with Crippen LogP contribution in [0.5, 0.6) is 5.88 Å². The summed E-state index contributed by atoms with van der Waals surface area (Å²) in [7, 11) is 1.46. The average molecular weight is 278 g/mol. The Morgan fingerprint density at radius 1 is 1.45 bits per heavy atom. The first-order valence-corrected chi connectivity index (χ1v) is 6.25. The maximum Gasteiger partial charge on any atom is 0.225 e. The van der Waals surface area contributed by atoms with E-state index in [1.165, 1.54) is 13.3 Å². The normalized spacial score (nSPS) is 11.6. The van der Waals surface area contributed by atoms with Gasteiger partial charge in [-0.15, -0.1) is 0 Å². The summed E-state index contributed by atoms with van der Waals surface area (Å²) in [4.78, 5) is 27.1. The van der Waals surface area contributed by atoms with Gasteiger partial charge in [0.1, 0.15) is 5.52 Å². The van der Waals surface area contributed by atoms with E-state index in [1.54, 1.807) is 0 Å². The summed E-state index contributed by atoms with van der Waals surface area (Å²) in [6, 6.07) is 0. The first-order chi connectivity index (χ1) is 9.34. The van der Waals surface area contributed by atoms with Crippen molar-refractivity contribution in [3.05, 3.63) is 22.0 Å². The van der Waals surface area contributed by atoms with E-state index in [-0.39, 0.29) is 17.9 Å². The molecule has 3 N–H and O–H groups in total. The van der Waals surface area contributed by atoms with Crippen molar-refractivity contribution in [3.8, 4) is 5.88 Å². The summed E-state index contributed by atoms with van der Waals surface area (Å²) in [5.41, 5.74) is 0.547. The van der Waals surface area contributed by atoms with E-state index in [0.29, 0.717) is 22.5 Å². The van der Waals surface area contributed by atoms with Crippen molar-refractivity contribution in [2.24, 2.45) is 5.41 Å². The van der Waals surface area contributed by atoms with Crippen LogP contribution in [0.2, 0.25) is 0 Å². The predicted molar refractivity (Wildman–Crippen MR) is 74.6 cm³/mol. The third-order valence-corrected chi connectivity index (χ3v) is 2.97. The summed E-state index contributed by atoms with van der Waals surface area (Å²) in [5.74, 6) is 0.196. The maximum atomic E-state index is 12.3. The molecule has 2 aromatic heterocycles. The Balaban J connectivity index is 2.36. The first kappa shape index (κ1) is 14.1. The van der Waals surface area contributed by atoms with Crippen LogP contribution in [0, 0.1) is 5.41 Å². The summed E-state index contributed by atoms with van der Waals surface area (Å²) in [6.07, 6.45) is 1.51. The van der Waals surface area contributed by atoms with Gasteiger partial charge in [-0.3, -0.25) is 14.7 Å². The fourth-order valence-corrected chi connectivity index (χ4v) is 1.77. The van der Waals surface area contributed by atoms with Crippen molar-refractivity contribution in [3.63, 3.8) is 0 Å². The lowest BCUT2D eigenvalue weighted by atomic mass is 9.95. The van der Waals surface area contributed by atoms with Gasteiger partial charge in [0.15, 0.2) is 5.88 Å². The summed E-state index contributed by atoms with van der Waals surface area (Å²) >= 11 is 0. The van der Waals surface area contributed by atoms with Crippen molar-refractivity contribution in [2.75, 3.05) is 7.11 Å². The topological polar surface area (TPSA) is 99.9 Å². The van der Waals surface area contributed by atoms with Gasteiger partial charge in [0, 0.05) is 5.41 Å². The quantitative estimate of drug-likeness (QED) is 0.777. The van der Waals surface area contributed by atoms with Crippen LogP contribution in [0.3, 0.4) is 0 Å². The zero-order valence-electron chi connectivity index (χ0n) is 12.0. The highest BCUT2D eigenvalue weighted by atomic mass is 16.5. The van der Waals surface area contributed by atoms with Crippen LogP contribution in [-0.2, 0) is 11.3 Å². The molecule has 0 aromatic carbocycles. The van der Waals surface area contributed by atoms with Gasteiger partial charge in [-0.1, -0.05) is 20.8 Å². The molecule has 2 heterocycles. The van der Waals surface area contributed by atoms with Crippen LogP contribution in [0.1, 0.15) is 26.3 Å². The van der Waals surface area contributed by atoms with E-state index in [2.05, 4.69) is 20.5 Å². The van der Waals surface area contributed by atoms with Gasteiger partial charge in [-0.25, -0.2) is 0 Å². The highest BCUT2D eigenvalue weighted by Crippen LogP contribution is 2.17. The molecule has 0 unspecified atom stereocenters. The van der Waals surface area contributed by atoms with Crippen LogP contribution < -0.4 is 15.5 Å². The molecule has 7 nitrogen and oxygen atoms in total. The average Bonchev–Trinajstić information content (AvgIpc) is 2.84.